The van der Waals surface area contributed by atoms with Crippen LogP contribution in [0.3, 0.4) is 0 Å². The fourth-order valence-electron chi connectivity index (χ4n) is 1.44. The van der Waals surface area contributed by atoms with Crippen LogP contribution in [0.4, 0.5) is 4.39 Å². The number of rotatable bonds is 0. The molecule has 2 heteroatoms. The van der Waals surface area contributed by atoms with Gasteiger partial charge in [0.1, 0.15) is 5.82 Å². The zero-order valence-corrected chi connectivity index (χ0v) is 11.1. The molecule has 1 aromatic heterocycles. The number of fused-ring (bicyclic) bond motifs is 1. The number of hydrogen-bond donors (Lipinski definition) is 1. The number of H-pyrrole nitrogens is 1. The quantitative estimate of drug-likeness (QED) is 0.648. The lowest BCUT2D eigenvalue weighted by Gasteiger charge is -2.02. The topological polar surface area (TPSA) is 15.8 Å². The molecule has 0 aliphatic rings. The minimum absolute atomic E-state index is 0.137. The Morgan fingerprint density at radius 2 is 1.56 bits per heavy atom. The molecule has 0 saturated carbocycles. The maximum atomic E-state index is 13.2. The molecule has 0 fully saturated rings. The number of aromatic amines is 1. The van der Waals surface area contributed by atoms with Crippen LogP contribution in [0, 0.1) is 19.7 Å². The Morgan fingerprint density at radius 1 is 1.00 bits per heavy atom. The van der Waals surface area contributed by atoms with Gasteiger partial charge in [0.05, 0.1) is 0 Å². The molecule has 1 aromatic carbocycles. The van der Waals surface area contributed by atoms with Crippen molar-refractivity contribution in [1.82, 2.24) is 4.98 Å². The van der Waals surface area contributed by atoms with Gasteiger partial charge in [-0.3, -0.25) is 0 Å². The number of benzene rings is 1. The Hall–Kier alpha value is -1.31. The Labute approximate surface area is 97.7 Å². The summed E-state index contributed by atoms with van der Waals surface area (Å²) >= 11 is 0. The fourth-order valence-corrected chi connectivity index (χ4v) is 1.44. The number of halogens is 1. The number of aryl methyl sites for hydroxylation is 1. The first-order valence-electron chi connectivity index (χ1n) is 5.93. The molecule has 2 rings (SSSR count). The molecular formula is C14H22FN. The molecule has 90 valence electrons. The van der Waals surface area contributed by atoms with Gasteiger partial charge in [-0.05, 0) is 37.1 Å². The van der Waals surface area contributed by atoms with Crippen LogP contribution in [0.15, 0.2) is 18.3 Å². The van der Waals surface area contributed by atoms with E-state index in [4.69, 9.17) is 0 Å². The highest BCUT2D eigenvalue weighted by molar-refractivity contribution is 5.83. The van der Waals surface area contributed by atoms with Gasteiger partial charge in [0, 0.05) is 17.1 Å². The highest BCUT2D eigenvalue weighted by atomic mass is 19.1. The summed E-state index contributed by atoms with van der Waals surface area (Å²) < 4.78 is 13.2. The highest BCUT2D eigenvalue weighted by Gasteiger charge is 2.05. The van der Waals surface area contributed by atoms with Crippen LogP contribution in [0.2, 0.25) is 0 Å². The van der Waals surface area contributed by atoms with Crippen molar-refractivity contribution in [2.75, 3.05) is 0 Å². The Balaban J connectivity index is 0.000000509. The molecule has 2 aromatic rings. The molecule has 0 bridgehead atoms. The third-order valence-corrected chi connectivity index (χ3v) is 2.37. The SMILES string of the molecule is CC.CC.Cc1c(F)cc2[nH]ccc2c1C. The van der Waals surface area contributed by atoms with Gasteiger partial charge in [0.15, 0.2) is 0 Å². The normalized spacial score (nSPS) is 8.94. The van der Waals surface area contributed by atoms with Gasteiger partial charge in [-0.2, -0.15) is 0 Å². The van der Waals surface area contributed by atoms with E-state index in [9.17, 15) is 4.39 Å². The van der Waals surface area contributed by atoms with Gasteiger partial charge in [0.25, 0.3) is 0 Å². The van der Waals surface area contributed by atoms with Gasteiger partial charge < -0.3 is 4.98 Å². The molecular weight excluding hydrogens is 201 g/mol. The number of aromatic nitrogens is 1. The molecule has 0 radical (unpaired) electrons. The highest BCUT2D eigenvalue weighted by Crippen LogP contribution is 2.22. The molecule has 16 heavy (non-hydrogen) atoms. The van der Waals surface area contributed by atoms with Gasteiger partial charge in [-0.25, -0.2) is 4.39 Å². The van der Waals surface area contributed by atoms with Crippen molar-refractivity contribution in [3.8, 4) is 0 Å². The van der Waals surface area contributed by atoms with Crippen LogP contribution in [0.5, 0.6) is 0 Å². The average Bonchev–Trinajstić information content (AvgIpc) is 2.79. The van der Waals surface area contributed by atoms with Gasteiger partial charge in [-0.15, -0.1) is 0 Å². The maximum absolute atomic E-state index is 13.2. The molecule has 0 amide bonds. The van der Waals surface area contributed by atoms with Crippen LogP contribution in [-0.4, -0.2) is 4.98 Å². The standard InChI is InChI=1S/C10H10FN.2C2H6/c1-6-7(2)9(11)5-10-8(6)3-4-12-10;2*1-2/h3-5,12H,1-2H3;2*1-2H3. The molecule has 0 aliphatic heterocycles. The van der Waals surface area contributed by atoms with Crippen LogP contribution < -0.4 is 0 Å². The number of nitrogens with one attached hydrogen (secondary N) is 1. The van der Waals surface area contributed by atoms with E-state index in [-0.39, 0.29) is 5.82 Å². The first-order valence-corrected chi connectivity index (χ1v) is 5.93. The van der Waals surface area contributed by atoms with Crippen molar-refractivity contribution < 1.29 is 4.39 Å². The van der Waals surface area contributed by atoms with Crippen molar-refractivity contribution in [2.24, 2.45) is 0 Å². The lowest BCUT2D eigenvalue weighted by molar-refractivity contribution is 0.619. The first kappa shape index (κ1) is 14.7. The molecule has 1 heterocycles. The molecule has 1 N–H and O–H groups in total. The average molecular weight is 223 g/mol. The summed E-state index contributed by atoms with van der Waals surface area (Å²) in [6, 6.07) is 3.51. The monoisotopic (exact) mass is 223 g/mol. The predicted molar refractivity (Wildman–Crippen MR) is 70.4 cm³/mol. The molecule has 0 spiro atoms. The lowest BCUT2D eigenvalue weighted by Crippen LogP contribution is -1.87. The second kappa shape index (κ2) is 7.04. The van der Waals surface area contributed by atoms with E-state index in [1.165, 1.54) is 6.07 Å². The van der Waals surface area contributed by atoms with E-state index in [1.54, 1.807) is 6.92 Å². The predicted octanol–water partition coefficient (Wildman–Crippen LogP) is 4.98. The van der Waals surface area contributed by atoms with Gasteiger partial charge in [0.2, 0.25) is 0 Å². The summed E-state index contributed by atoms with van der Waals surface area (Å²) in [7, 11) is 0. The third kappa shape index (κ3) is 2.84. The smallest absolute Gasteiger partial charge is 0.128 e. The zero-order chi connectivity index (χ0) is 12.7. The van der Waals surface area contributed by atoms with Crippen molar-refractivity contribution in [2.45, 2.75) is 41.5 Å². The minimum atomic E-state index is -0.137. The second-order valence-electron chi connectivity index (χ2n) is 3.05. The maximum Gasteiger partial charge on any atom is 0.128 e. The first-order chi connectivity index (χ1) is 7.70. The molecule has 0 unspecified atom stereocenters. The summed E-state index contributed by atoms with van der Waals surface area (Å²) in [4.78, 5) is 2.99. The van der Waals surface area contributed by atoms with E-state index in [1.807, 2.05) is 46.9 Å². The lowest BCUT2D eigenvalue weighted by atomic mass is 10.1. The van der Waals surface area contributed by atoms with Gasteiger partial charge >= 0.3 is 0 Å². The summed E-state index contributed by atoms with van der Waals surface area (Å²) in [5.74, 6) is -0.137. The fraction of sp³-hybridized carbons (Fsp3) is 0.429. The third-order valence-electron chi connectivity index (χ3n) is 2.37. The second-order valence-corrected chi connectivity index (χ2v) is 3.05. The van der Waals surface area contributed by atoms with Crippen LogP contribution in [0.25, 0.3) is 10.9 Å². The largest absolute Gasteiger partial charge is 0.361 e. The van der Waals surface area contributed by atoms with Crippen molar-refractivity contribution in [3.63, 3.8) is 0 Å². The number of hydrogen-bond acceptors (Lipinski definition) is 0. The van der Waals surface area contributed by atoms with E-state index in [0.717, 1.165) is 22.0 Å². The van der Waals surface area contributed by atoms with E-state index in [2.05, 4.69) is 4.98 Å². The molecule has 0 saturated heterocycles. The van der Waals surface area contributed by atoms with Crippen LogP contribution >= 0.6 is 0 Å². The molecule has 0 atom stereocenters. The van der Waals surface area contributed by atoms with E-state index in [0.29, 0.717) is 0 Å². The Bertz CT molecular complexity index is 429. The molecule has 1 nitrogen and oxygen atoms in total. The summed E-state index contributed by atoms with van der Waals surface area (Å²) in [6.07, 6.45) is 1.83. The van der Waals surface area contributed by atoms with Crippen LogP contribution in [0.1, 0.15) is 38.8 Å². The summed E-state index contributed by atoms with van der Waals surface area (Å²) in [5.41, 5.74) is 2.63. The van der Waals surface area contributed by atoms with Crippen molar-refractivity contribution in [3.05, 3.63) is 35.3 Å². The minimum Gasteiger partial charge on any atom is -0.361 e. The Morgan fingerprint density at radius 3 is 2.12 bits per heavy atom. The van der Waals surface area contributed by atoms with Gasteiger partial charge in [-0.1, -0.05) is 27.7 Å². The van der Waals surface area contributed by atoms with E-state index >= 15 is 0 Å². The van der Waals surface area contributed by atoms with E-state index < -0.39 is 0 Å². The Kier molecular flexibility index (Phi) is 6.47. The molecule has 0 aliphatic carbocycles. The summed E-state index contributed by atoms with van der Waals surface area (Å²) in [6.45, 7) is 11.7. The van der Waals surface area contributed by atoms with Crippen LogP contribution in [-0.2, 0) is 0 Å². The zero-order valence-electron chi connectivity index (χ0n) is 11.1. The van der Waals surface area contributed by atoms with Crippen molar-refractivity contribution in [1.29, 1.82) is 0 Å². The van der Waals surface area contributed by atoms with Crippen molar-refractivity contribution >= 4 is 10.9 Å². The summed E-state index contributed by atoms with van der Waals surface area (Å²) in [5, 5.41) is 1.11.